The Kier molecular flexibility index (Phi) is 2.81. The Morgan fingerprint density at radius 1 is 1.31 bits per heavy atom. The van der Waals surface area contributed by atoms with E-state index in [1.807, 2.05) is 16.4 Å². The summed E-state index contributed by atoms with van der Waals surface area (Å²) in [7, 11) is 0. The van der Waals surface area contributed by atoms with Crippen LogP contribution in [0.5, 0.6) is 0 Å². The Hall–Kier alpha value is -0.680. The molecule has 1 aromatic heterocycles. The van der Waals surface area contributed by atoms with E-state index in [1.165, 1.54) is 5.69 Å². The monoisotopic (exact) mass is 239 g/mol. The van der Waals surface area contributed by atoms with Crippen molar-refractivity contribution >= 4 is 11.8 Å². The van der Waals surface area contributed by atoms with Gasteiger partial charge in [-0.15, -0.1) is 0 Å². The first-order chi connectivity index (χ1) is 7.86. The number of piperidine rings is 1. The Morgan fingerprint density at radius 3 is 2.88 bits per heavy atom. The van der Waals surface area contributed by atoms with Crippen LogP contribution in [-0.4, -0.2) is 28.6 Å². The van der Waals surface area contributed by atoms with Crippen molar-refractivity contribution in [1.82, 2.24) is 15.1 Å². The molecule has 2 aliphatic rings. The van der Waals surface area contributed by atoms with Crippen molar-refractivity contribution in [3.8, 4) is 0 Å². The molecule has 16 heavy (non-hydrogen) atoms. The van der Waals surface area contributed by atoms with Crippen molar-refractivity contribution in [2.75, 3.05) is 18.8 Å². The van der Waals surface area contributed by atoms with Gasteiger partial charge in [0.2, 0.25) is 0 Å². The number of thioether (sulfide) groups is 1. The predicted molar refractivity (Wildman–Crippen MR) is 66.1 cm³/mol. The molecule has 0 radical (unpaired) electrons. The van der Waals surface area contributed by atoms with E-state index in [0.717, 1.165) is 49.4 Å². The lowest BCUT2D eigenvalue weighted by Gasteiger charge is -2.22. The summed E-state index contributed by atoms with van der Waals surface area (Å²) >= 11 is 1.87. The second-order valence-electron chi connectivity index (χ2n) is 4.53. The first-order valence-corrected chi connectivity index (χ1v) is 7.12. The third kappa shape index (κ3) is 1.72. The van der Waals surface area contributed by atoms with Crippen LogP contribution in [0.25, 0.3) is 0 Å². The van der Waals surface area contributed by atoms with Gasteiger partial charge in [0.25, 0.3) is 5.56 Å². The second kappa shape index (κ2) is 4.30. The number of aryl methyl sites for hydroxylation is 1. The van der Waals surface area contributed by atoms with Crippen LogP contribution in [0.1, 0.15) is 30.1 Å². The molecule has 0 aromatic carbocycles. The predicted octanol–water partition coefficient (Wildman–Crippen LogP) is 0.890. The normalized spacial score (nSPS) is 22.0. The highest BCUT2D eigenvalue weighted by molar-refractivity contribution is 7.98. The summed E-state index contributed by atoms with van der Waals surface area (Å²) in [5.74, 6) is 2.03. The molecule has 0 bridgehead atoms. The molecule has 3 heterocycles. The number of nitrogens with one attached hydrogen (secondary N) is 2. The number of hydrogen-bond acceptors (Lipinski definition) is 3. The lowest BCUT2D eigenvalue weighted by molar-refractivity contribution is 0.335. The molecular formula is C11H17N3OS. The van der Waals surface area contributed by atoms with E-state index in [9.17, 15) is 4.79 Å². The molecule has 88 valence electrons. The molecule has 3 rings (SSSR count). The quantitative estimate of drug-likeness (QED) is 0.765. The van der Waals surface area contributed by atoms with Gasteiger partial charge < -0.3 is 5.32 Å². The lowest BCUT2D eigenvalue weighted by Crippen LogP contribution is -2.34. The summed E-state index contributed by atoms with van der Waals surface area (Å²) in [5, 5.41) is 6.67. The minimum absolute atomic E-state index is 0.231. The first kappa shape index (κ1) is 10.5. The summed E-state index contributed by atoms with van der Waals surface area (Å²) in [4.78, 5) is 12.2. The molecule has 0 saturated carbocycles. The Balaban J connectivity index is 1.94. The Morgan fingerprint density at radius 2 is 2.12 bits per heavy atom. The summed E-state index contributed by atoms with van der Waals surface area (Å²) in [6.45, 7) is 2.05. The van der Waals surface area contributed by atoms with Crippen molar-refractivity contribution < 1.29 is 0 Å². The Bertz CT molecular complexity index is 431. The van der Waals surface area contributed by atoms with E-state index in [4.69, 9.17) is 0 Å². The van der Waals surface area contributed by atoms with Gasteiger partial charge >= 0.3 is 0 Å². The molecular weight excluding hydrogens is 222 g/mol. The van der Waals surface area contributed by atoms with Crippen LogP contribution in [0.15, 0.2) is 4.79 Å². The molecule has 2 aliphatic heterocycles. The zero-order chi connectivity index (χ0) is 11.0. The number of nitrogens with zero attached hydrogens (tertiary/aromatic N) is 1. The second-order valence-corrected chi connectivity index (χ2v) is 5.63. The number of aromatic nitrogens is 2. The Labute approximate surface area is 98.8 Å². The maximum Gasteiger partial charge on any atom is 0.271 e. The van der Waals surface area contributed by atoms with Crippen molar-refractivity contribution in [3.63, 3.8) is 0 Å². The molecule has 0 unspecified atom stereocenters. The maximum absolute atomic E-state index is 12.2. The molecule has 1 aromatic rings. The van der Waals surface area contributed by atoms with Crippen LogP contribution in [0.4, 0.5) is 0 Å². The summed E-state index contributed by atoms with van der Waals surface area (Å²) in [6.07, 6.45) is 3.14. The van der Waals surface area contributed by atoms with Crippen molar-refractivity contribution in [2.45, 2.75) is 31.1 Å². The number of aromatic amines is 1. The van der Waals surface area contributed by atoms with E-state index in [1.54, 1.807) is 0 Å². The van der Waals surface area contributed by atoms with Gasteiger partial charge in [-0.25, -0.2) is 4.68 Å². The zero-order valence-electron chi connectivity index (χ0n) is 9.29. The van der Waals surface area contributed by atoms with Crippen LogP contribution < -0.4 is 10.9 Å². The van der Waals surface area contributed by atoms with Crippen LogP contribution in [0.3, 0.4) is 0 Å². The van der Waals surface area contributed by atoms with E-state index in [-0.39, 0.29) is 5.56 Å². The smallest absolute Gasteiger partial charge is 0.271 e. The minimum atomic E-state index is 0.231. The van der Waals surface area contributed by atoms with Crippen LogP contribution in [0, 0.1) is 0 Å². The molecule has 1 fully saturated rings. The minimum Gasteiger partial charge on any atom is -0.317 e. The molecule has 0 spiro atoms. The zero-order valence-corrected chi connectivity index (χ0v) is 10.1. The van der Waals surface area contributed by atoms with Crippen LogP contribution in [0.2, 0.25) is 0 Å². The fourth-order valence-electron chi connectivity index (χ4n) is 2.56. The van der Waals surface area contributed by atoms with Gasteiger partial charge in [0, 0.05) is 17.0 Å². The SMILES string of the molecule is O=c1c2c([nH]n1C1CCNCC1)CCSC2. The standard InChI is InChI=1S/C11H17N3OS/c15-11-9-7-16-6-3-10(9)13-14(11)8-1-4-12-5-2-8/h8,12-13H,1-7H2. The third-order valence-electron chi connectivity index (χ3n) is 3.51. The molecule has 1 saturated heterocycles. The highest BCUT2D eigenvalue weighted by atomic mass is 32.2. The largest absolute Gasteiger partial charge is 0.317 e. The maximum atomic E-state index is 12.2. The highest BCUT2D eigenvalue weighted by Crippen LogP contribution is 2.23. The number of hydrogen-bond donors (Lipinski definition) is 2. The van der Waals surface area contributed by atoms with Gasteiger partial charge in [0.05, 0.1) is 6.04 Å². The van der Waals surface area contributed by atoms with Gasteiger partial charge in [-0.1, -0.05) is 0 Å². The van der Waals surface area contributed by atoms with Crippen LogP contribution in [-0.2, 0) is 12.2 Å². The van der Waals surface area contributed by atoms with Crippen molar-refractivity contribution in [1.29, 1.82) is 0 Å². The molecule has 0 aliphatic carbocycles. The molecule has 4 nitrogen and oxygen atoms in total. The van der Waals surface area contributed by atoms with E-state index < -0.39 is 0 Å². The van der Waals surface area contributed by atoms with Crippen molar-refractivity contribution in [2.24, 2.45) is 0 Å². The molecule has 0 atom stereocenters. The molecule has 5 heteroatoms. The topological polar surface area (TPSA) is 49.8 Å². The average Bonchev–Trinajstić information content (AvgIpc) is 2.69. The third-order valence-corrected chi connectivity index (χ3v) is 4.50. The van der Waals surface area contributed by atoms with Gasteiger partial charge in [-0.3, -0.25) is 9.89 Å². The summed E-state index contributed by atoms with van der Waals surface area (Å²) < 4.78 is 1.89. The van der Waals surface area contributed by atoms with Gasteiger partial charge in [-0.2, -0.15) is 11.8 Å². The van der Waals surface area contributed by atoms with Crippen LogP contribution >= 0.6 is 11.8 Å². The van der Waals surface area contributed by atoms with Crippen molar-refractivity contribution in [3.05, 3.63) is 21.6 Å². The molecule has 0 amide bonds. The highest BCUT2D eigenvalue weighted by Gasteiger charge is 2.23. The average molecular weight is 239 g/mol. The summed E-state index contributed by atoms with van der Waals surface area (Å²) in [6, 6.07) is 0.379. The van der Waals surface area contributed by atoms with Gasteiger partial charge in [0.1, 0.15) is 0 Å². The number of fused-ring (bicyclic) bond motifs is 1. The van der Waals surface area contributed by atoms with E-state index in [2.05, 4.69) is 10.4 Å². The fourth-order valence-corrected chi connectivity index (χ4v) is 3.56. The van der Waals surface area contributed by atoms with Gasteiger partial charge in [0.15, 0.2) is 0 Å². The number of H-pyrrole nitrogens is 1. The number of rotatable bonds is 1. The van der Waals surface area contributed by atoms with E-state index in [0.29, 0.717) is 6.04 Å². The lowest BCUT2D eigenvalue weighted by atomic mass is 10.1. The fraction of sp³-hybridized carbons (Fsp3) is 0.727. The molecule has 2 N–H and O–H groups in total. The first-order valence-electron chi connectivity index (χ1n) is 5.97. The van der Waals surface area contributed by atoms with Gasteiger partial charge in [-0.05, 0) is 38.1 Å². The van der Waals surface area contributed by atoms with E-state index >= 15 is 0 Å². The summed E-state index contributed by atoms with van der Waals surface area (Å²) in [5.41, 5.74) is 2.44.